The maximum Gasteiger partial charge on any atom is 0.244 e. The molecule has 0 spiro atoms. The molecule has 4 bridgehead atoms. The highest BCUT2D eigenvalue weighted by atomic mass is 35.5. The Morgan fingerprint density at radius 1 is 1.07 bits per heavy atom. The van der Waals surface area contributed by atoms with Gasteiger partial charge in [0.25, 0.3) is 0 Å². The molecule has 0 saturated heterocycles. The van der Waals surface area contributed by atoms with Gasteiger partial charge < -0.3 is 10.2 Å². The summed E-state index contributed by atoms with van der Waals surface area (Å²) in [4.78, 5) is 27.8. The second-order valence-corrected chi connectivity index (χ2v) is 9.48. The van der Waals surface area contributed by atoms with Gasteiger partial charge in [-0.25, -0.2) is 0 Å². The van der Waals surface area contributed by atoms with Crippen molar-refractivity contribution in [1.82, 2.24) is 4.90 Å². The first-order valence-corrected chi connectivity index (χ1v) is 10.7. The van der Waals surface area contributed by atoms with Gasteiger partial charge >= 0.3 is 0 Å². The molecule has 4 nitrogen and oxygen atoms in total. The van der Waals surface area contributed by atoms with Crippen molar-refractivity contribution in [1.29, 1.82) is 0 Å². The predicted octanol–water partition coefficient (Wildman–Crippen LogP) is 5.00. The smallest absolute Gasteiger partial charge is 0.244 e. The zero-order valence-corrected chi connectivity index (χ0v) is 17.2. The van der Waals surface area contributed by atoms with Crippen LogP contribution in [0.5, 0.6) is 0 Å². The lowest BCUT2D eigenvalue weighted by Gasteiger charge is -2.56. The number of anilines is 1. The fraction of sp³-hybridized carbons (Fsp3) is 0.619. The van der Waals surface area contributed by atoms with Crippen LogP contribution in [-0.2, 0) is 9.59 Å². The third-order valence-corrected chi connectivity index (χ3v) is 7.35. The largest absolute Gasteiger partial charge is 0.333 e. The molecule has 4 fully saturated rings. The number of benzene rings is 1. The molecule has 6 heteroatoms. The van der Waals surface area contributed by atoms with E-state index in [4.69, 9.17) is 23.2 Å². The van der Waals surface area contributed by atoms with Gasteiger partial charge in [0.15, 0.2) is 0 Å². The number of carbonyl (C=O) groups is 2. The predicted molar refractivity (Wildman–Crippen MR) is 108 cm³/mol. The minimum Gasteiger partial charge on any atom is -0.333 e. The standard InChI is InChI=1S/C21H26Cl2N2O2/c1-2-25(12-18(26)24-19-16(22)4-3-5-17(19)23)20(27)21-9-13-6-14(10-21)8-15(7-13)11-21/h3-5,13-15H,2,6-12H2,1H3,(H,24,26). The van der Waals surface area contributed by atoms with Gasteiger partial charge in [-0.15, -0.1) is 0 Å². The van der Waals surface area contributed by atoms with Crippen molar-refractivity contribution >= 4 is 40.7 Å². The molecule has 1 N–H and O–H groups in total. The number of halogens is 2. The highest BCUT2D eigenvalue weighted by Gasteiger charge is 2.55. The van der Waals surface area contributed by atoms with Gasteiger partial charge in [-0.3, -0.25) is 9.59 Å². The van der Waals surface area contributed by atoms with Crippen molar-refractivity contribution in [3.8, 4) is 0 Å². The molecule has 0 aliphatic heterocycles. The van der Waals surface area contributed by atoms with Gasteiger partial charge in [0.1, 0.15) is 0 Å². The molecule has 4 aliphatic carbocycles. The summed E-state index contributed by atoms with van der Waals surface area (Å²) in [7, 11) is 0. The Bertz CT molecular complexity index is 709. The van der Waals surface area contributed by atoms with Crippen LogP contribution in [-0.4, -0.2) is 29.8 Å². The lowest BCUT2D eigenvalue weighted by atomic mass is 9.49. The molecule has 0 unspecified atom stereocenters. The lowest BCUT2D eigenvalue weighted by molar-refractivity contribution is -0.158. The van der Waals surface area contributed by atoms with E-state index in [0.717, 1.165) is 19.3 Å². The van der Waals surface area contributed by atoms with E-state index >= 15 is 0 Å². The molecule has 0 radical (unpaired) electrons. The Labute approximate surface area is 170 Å². The van der Waals surface area contributed by atoms with Crippen LogP contribution in [0.25, 0.3) is 0 Å². The highest BCUT2D eigenvalue weighted by Crippen LogP contribution is 2.60. The van der Waals surface area contributed by atoms with E-state index in [9.17, 15) is 9.59 Å². The maximum absolute atomic E-state index is 13.4. The van der Waals surface area contributed by atoms with E-state index in [1.807, 2.05) is 6.92 Å². The summed E-state index contributed by atoms with van der Waals surface area (Å²) >= 11 is 12.3. The number of likely N-dealkylation sites (N-methyl/N-ethyl adjacent to an activating group) is 1. The molecule has 0 atom stereocenters. The van der Waals surface area contributed by atoms with Crippen molar-refractivity contribution < 1.29 is 9.59 Å². The monoisotopic (exact) mass is 408 g/mol. The summed E-state index contributed by atoms with van der Waals surface area (Å²) in [6.07, 6.45) is 6.91. The van der Waals surface area contributed by atoms with Gasteiger partial charge in [-0.1, -0.05) is 29.3 Å². The Balaban J connectivity index is 1.46. The Morgan fingerprint density at radius 2 is 1.59 bits per heavy atom. The van der Waals surface area contributed by atoms with Crippen LogP contribution in [0.4, 0.5) is 5.69 Å². The molecule has 4 aliphatic rings. The lowest BCUT2D eigenvalue weighted by Crippen LogP contribution is -2.55. The molecule has 0 heterocycles. The zero-order valence-electron chi connectivity index (χ0n) is 15.6. The van der Waals surface area contributed by atoms with Crippen molar-refractivity contribution in [2.24, 2.45) is 23.2 Å². The van der Waals surface area contributed by atoms with Crippen LogP contribution in [0.1, 0.15) is 45.4 Å². The molecular weight excluding hydrogens is 383 g/mol. The van der Waals surface area contributed by atoms with Crippen LogP contribution in [0, 0.1) is 23.2 Å². The summed E-state index contributed by atoms with van der Waals surface area (Å²) in [5.74, 6) is 2.02. The molecule has 146 valence electrons. The first-order chi connectivity index (χ1) is 12.9. The van der Waals surface area contributed by atoms with Gasteiger partial charge in [0.05, 0.1) is 27.7 Å². The average molecular weight is 409 g/mol. The second-order valence-electron chi connectivity index (χ2n) is 8.66. The number of nitrogens with zero attached hydrogens (tertiary/aromatic N) is 1. The van der Waals surface area contributed by atoms with E-state index in [1.165, 1.54) is 19.3 Å². The third-order valence-electron chi connectivity index (χ3n) is 6.72. The Hall–Kier alpha value is -1.26. The summed E-state index contributed by atoms with van der Waals surface area (Å²) in [5, 5.41) is 3.56. The summed E-state index contributed by atoms with van der Waals surface area (Å²) < 4.78 is 0. The Morgan fingerprint density at radius 3 is 2.07 bits per heavy atom. The maximum atomic E-state index is 13.4. The zero-order chi connectivity index (χ0) is 19.2. The first-order valence-electron chi connectivity index (χ1n) is 9.93. The first kappa shape index (κ1) is 19.1. The molecule has 2 amide bonds. The van der Waals surface area contributed by atoms with E-state index in [2.05, 4.69) is 5.32 Å². The molecule has 0 aromatic heterocycles. The summed E-state index contributed by atoms with van der Waals surface area (Å²) in [5.41, 5.74) is 0.178. The number of rotatable bonds is 5. The van der Waals surface area contributed by atoms with Crippen LogP contribution < -0.4 is 5.32 Å². The third kappa shape index (κ3) is 3.58. The summed E-state index contributed by atoms with van der Waals surface area (Å²) in [6.45, 7) is 2.51. The van der Waals surface area contributed by atoms with Crippen LogP contribution >= 0.6 is 23.2 Å². The number of hydrogen-bond acceptors (Lipinski definition) is 2. The minimum absolute atomic E-state index is 0.0403. The topological polar surface area (TPSA) is 49.4 Å². The molecule has 1 aromatic carbocycles. The molecule has 1 aromatic rings. The Kier molecular flexibility index (Phi) is 5.15. The van der Waals surface area contributed by atoms with Crippen LogP contribution in [0.3, 0.4) is 0 Å². The second kappa shape index (κ2) is 7.29. The van der Waals surface area contributed by atoms with Crippen LogP contribution in [0.2, 0.25) is 10.0 Å². The SMILES string of the molecule is CCN(CC(=O)Nc1c(Cl)cccc1Cl)C(=O)C12CC3CC(CC(C3)C1)C2. The fourth-order valence-electron chi connectivity index (χ4n) is 6.00. The van der Waals surface area contributed by atoms with Crippen molar-refractivity contribution in [3.05, 3.63) is 28.2 Å². The molecule has 5 rings (SSSR count). The van der Waals surface area contributed by atoms with E-state index in [1.54, 1.807) is 23.1 Å². The van der Waals surface area contributed by atoms with Gasteiger partial charge in [-0.2, -0.15) is 0 Å². The number of hydrogen-bond donors (Lipinski definition) is 1. The van der Waals surface area contributed by atoms with Gasteiger partial charge in [0, 0.05) is 6.54 Å². The quantitative estimate of drug-likeness (QED) is 0.744. The normalized spacial score (nSPS) is 31.0. The van der Waals surface area contributed by atoms with Crippen molar-refractivity contribution in [2.45, 2.75) is 45.4 Å². The average Bonchev–Trinajstić information content (AvgIpc) is 2.61. The van der Waals surface area contributed by atoms with E-state index in [-0.39, 0.29) is 23.8 Å². The molecular formula is C21H26Cl2N2O2. The van der Waals surface area contributed by atoms with Gasteiger partial charge in [-0.05, 0) is 75.3 Å². The number of carbonyl (C=O) groups excluding carboxylic acids is 2. The van der Waals surface area contributed by atoms with E-state index < -0.39 is 0 Å². The number of para-hydroxylation sites is 1. The van der Waals surface area contributed by atoms with Crippen molar-refractivity contribution in [2.75, 3.05) is 18.4 Å². The van der Waals surface area contributed by atoms with Crippen LogP contribution in [0.15, 0.2) is 18.2 Å². The summed E-state index contributed by atoms with van der Waals surface area (Å²) in [6, 6.07) is 5.09. The minimum atomic E-state index is -0.259. The van der Waals surface area contributed by atoms with Gasteiger partial charge in [0.2, 0.25) is 11.8 Å². The highest BCUT2D eigenvalue weighted by molar-refractivity contribution is 6.39. The molecule has 4 saturated carbocycles. The molecule has 27 heavy (non-hydrogen) atoms. The number of amides is 2. The fourth-order valence-corrected chi connectivity index (χ4v) is 6.50. The van der Waals surface area contributed by atoms with Crippen molar-refractivity contribution in [3.63, 3.8) is 0 Å². The van der Waals surface area contributed by atoms with E-state index in [0.29, 0.717) is 40.0 Å². The number of nitrogens with one attached hydrogen (secondary N) is 1.